The number of nitrogens with two attached hydrogens (primary N) is 1. The number of aromatic nitrogens is 3. The van der Waals surface area contributed by atoms with Crippen LogP contribution in [0.4, 0.5) is 5.95 Å². The summed E-state index contributed by atoms with van der Waals surface area (Å²) in [5.41, 5.74) is 6.20. The van der Waals surface area contributed by atoms with Crippen molar-refractivity contribution in [3.63, 3.8) is 0 Å². The van der Waals surface area contributed by atoms with Crippen LogP contribution in [0.2, 0.25) is 0 Å². The van der Waals surface area contributed by atoms with Gasteiger partial charge in [0, 0.05) is 0 Å². The summed E-state index contributed by atoms with van der Waals surface area (Å²) < 4.78 is 1.48. The highest BCUT2D eigenvalue weighted by molar-refractivity contribution is 5.19. The first-order chi connectivity index (χ1) is 7.25. The molecule has 0 saturated carbocycles. The Labute approximate surface area is 86.2 Å². The average Bonchev–Trinajstić information content (AvgIpc) is 2.24. The van der Waals surface area contributed by atoms with Crippen molar-refractivity contribution in [3.05, 3.63) is 52.4 Å². The number of rotatable bonds is 2. The van der Waals surface area contributed by atoms with Gasteiger partial charge in [-0.25, -0.2) is 4.68 Å². The van der Waals surface area contributed by atoms with Gasteiger partial charge in [0.25, 0.3) is 5.56 Å². The van der Waals surface area contributed by atoms with Crippen LogP contribution in [0.5, 0.6) is 0 Å². The van der Waals surface area contributed by atoms with Crippen molar-refractivity contribution in [3.8, 4) is 0 Å². The van der Waals surface area contributed by atoms with Crippen molar-refractivity contribution in [2.75, 3.05) is 5.73 Å². The van der Waals surface area contributed by atoms with Crippen molar-refractivity contribution in [1.82, 2.24) is 14.8 Å². The molecule has 0 bridgehead atoms. The van der Waals surface area contributed by atoms with Gasteiger partial charge in [-0.15, -0.1) is 0 Å². The van der Waals surface area contributed by atoms with Crippen LogP contribution >= 0.6 is 0 Å². The fraction of sp³-hybridized carbons (Fsp3) is 0.100. The summed E-state index contributed by atoms with van der Waals surface area (Å²) in [7, 11) is 0. The first-order valence-corrected chi connectivity index (χ1v) is 4.49. The van der Waals surface area contributed by atoms with Crippen molar-refractivity contribution in [2.45, 2.75) is 6.54 Å². The molecule has 5 heteroatoms. The van der Waals surface area contributed by atoms with E-state index in [1.807, 2.05) is 30.3 Å². The van der Waals surface area contributed by atoms with E-state index in [1.165, 1.54) is 4.68 Å². The highest BCUT2D eigenvalue weighted by Gasteiger charge is 2.00. The molecular formula is C10H10N4O. The Morgan fingerprint density at radius 1 is 1.27 bits per heavy atom. The Kier molecular flexibility index (Phi) is 2.45. The summed E-state index contributed by atoms with van der Waals surface area (Å²) in [6.07, 6.45) is 1.15. The van der Waals surface area contributed by atoms with E-state index >= 15 is 0 Å². The van der Waals surface area contributed by atoms with Crippen LogP contribution < -0.4 is 11.3 Å². The second-order valence-corrected chi connectivity index (χ2v) is 3.10. The van der Waals surface area contributed by atoms with E-state index in [2.05, 4.69) is 10.1 Å². The van der Waals surface area contributed by atoms with Gasteiger partial charge in [0.15, 0.2) is 0 Å². The zero-order valence-electron chi connectivity index (χ0n) is 8.00. The second kappa shape index (κ2) is 3.91. The molecule has 0 amide bonds. The molecule has 76 valence electrons. The zero-order chi connectivity index (χ0) is 10.7. The van der Waals surface area contributed by atoms with Gasteiger partial charge in [0.2, 0.25) is 5.95 Å². The molecule has 1 aromatic carbocycles. The van der Waals surface area contributed by atoms with E-state index in [0.29, 0.717) is 6.54 Å². The van der Waals surface area contributed by atoms with Gasteiger partial charge in [-0.1, -0.05) is 30.3 Å². The second-order valence-electron chi connectivity index (χ2n) is 3.10. The predicted octanol–water partition coefficient (Wildman–Crippen LogP) is 0.269. The minimum absolute atomic E-state index is 0.131. The number of anilines is 1. The standard InChI is InChI=1S/C10H10N4O/c11-10-13-9(15)6-12-14(10)7-8-4-2-1-3-5-8/h1-6H,7H2,(H2,11,13,15). The van der Waals surface area contributed by atoms with Gasteiger partial charge in [0.05, 0.1) is 6.54 Å². The lowest BCUT2D eigenvalue weighted by Gasteiger charge is -2.06. The summed E-state index contributed by atoms with van der Waals surface area (Å²) >= 11 is 0. The van der Waals surface area contributed by atoms with Crippen molar-refractivity contribution >= 4 is 5.95 Å². The summed E-state index contributed by atoms with van der Waals surface area (Å²) in [5.74, 6) is 0.131. The van der Waals surface area contributed by atoms with Crippen molar-refractivity contribution in [2.24, 2.45) is 0 Å². The lowest BCUT2D eigenvalue weighted by Crippen LogP contribution is -2.19. The molecule has 5 nitrogen and oxygen atoms in total. The first kappa shape index (κ1) is 9.39. The number of benzene rings is 1. The summed E-state index contributed by atoms with van der Waals surface area (Å²) in [6, 6.07) is 9.71. The number of hydrogen-bond donors (Lipinski definition) is 1. The van der Waals surface area contributed by atoms with Crippen molar-refractivity contribution in [1.29, 1.82) is 0 Å². The molecule has 0 fully saturated rings. The SMILES string of the molecule is Nc1nc(=O)cnn1Cc1ccccc1. The smallest absolute Gasteiger partial charge is 0.293 e. The van der Waals surface area contributed by atoms with Gasteiger partial charge in [-0.05, 0) is 5.56 Å². The Morgan fingerprint density at radius 2 is 2.00 bits per heavy atom. The van der Waals surface area contributed by atoms with Crippen LogP contribution in [0, 0.1) is 0 Å². The quantitative estimate of drug-likeness (QED) is 0.758. The topological polar surface area (TPSA) is 73.8 Å². The molecule has 1 heterocycles. The summed E-state index contributed by atoms with van der Waals surface area (Å²) in [5, 5.41) is 3.89. The van der Waals surface area contributed by atoms with Gasteiger partial charge in [-0.2, -0.15) is 10.1 Å². The van der Waals surface area contributed by atoms with Crippen LogP contribution in [0.25, 0.3) is 0 Å². The Bertz CT molecular complexity index is 506. The third kappa shape index (κ3) is 2.19. The van der Waals surface area contributed by atoms with E-state index in [9.17, 15) is 4.79 Å². The Balaban J connectivity index is 2.29. The van der Waals surface area contributed by atoms with E-state index in [4.69, 9.17) is 5.73 Å². The van der Waals surface area contributed by atoms with Gasteiger partial charge in [0.1, 0.15) is 6.20 Å². The molecule has 15 heavy (non-hydrogen) atoms. The fourth-order valence-corrected chi connectivity index (χ4v) is 1.26. The predicted molar refractivity (Wildman–Crippen MR) is 56.2 cm³/mol. The third-order valence-corrected chi connectivity index (χ3v) is 1.97. The molecule has 0 aliphatic rings. The van der Waals surface area contributed by atoms with Crippen LogP contribution in [-0.2, 0) is 6.54 Å². The Morgan fingerprint density at radius 3 is 2.67 bits per heavy atom. The summed E-state index contributed by atoms with van der Waals surface area (Å²) in [6.45, 7) is 0.514. The molecule has 2 aromatic rings. The number of nitrogen functional groups attached to an aromatic ring is 1. The fourth-order valence-electron chi connectivity index (χ4n) is 1.26. The normalized spacial score (nSPS) is 10.1. The van der Waals surface area contributed by atoms with E-state index in [-0.39, 0.29) is 5.95 Å². The number of hydrogen-bond acceptors (Lipinski definition) is 4. The highest BCUT2D eigenvalue weighted by atomic mass is 16.1. The monoisotopic (exact) mass is 202 g/mol. The molecule has 0 unspecified atom stereocenters. The van der Waals surface area contributed by atoms with Crippen LogP contribution in [0.15, 0.2) is 41.3 Å². The lowest BCUT2D eigenvalue weighted by molar-refractivity contribution is 0.654. The zero-order valence-corrected chi connectivity index (χ0v) is 8.00. The molecule has 0 atom stereocenters. The lowest BCUT2D eigenvalue weighted by atomic mass is 10.2. The van der Waals surface area contributed by atoms with Gasteiger partial charge < -0.3 is 5.73 Å². The molecule has 0 spiro atoms. The molecule has 0 aliphatic carbocycles. The van der Waals surface area contributed by atoms with Crippen molar-refractivity contribution < 1.29 is 0 Å². The van der Waals surface area contributed by atoms with Gasteiger partial charge in [-0.3, -0.25) is 4.79 Å². The molecule has 0 radical (unpaired) electrons. The first-order valence-electron chi connectivity index (χ1n) is 4.49. The van der Waals surface area contributed by atoms with E-state index < -0.39 is 5.56 Å². The average molecular weight is 202 g/mol. The minimum Gasteiger partial charge on any atom is -0.368 e. The number of nitrogens with zero attached hydrogens (tertiary/aromatic N) is 3. The molecular weight excluding hydrogens is 192 g/mol. The molecule has 2 N–H and O–H groups in total. The Hall–Kier alpha value is -2.17. The van der Waals surface area contributed by atoms with Crippen LogP contribution in [0.1, 0.15) is 5.56 Å². The largest absolute Gasteiger partial charge is 0.368 e. The van der Waals surface area contributed by atoms with Crippen LogP contribution in [-0.4, -0.2) is 14.8 Å². The minimum atomic E-state index is -0.420. The summed E-state index contributed by atoms with van der Waals surface area (Å²) in [4.78, 5) is 14.4. The maximum absolute atomic E-state index is 10.8. The third-order valence-electron chi connectivity index (χ3n) is 1.97. The maximum atomic E-state index is 10.8. The van der Waals surface area contributed by atoms with Gasteiger partial charge >= 0.3 is 0 Å². The maximum Gasteiger partial charge on any atom is 0.293 e. The highest BCUT2D eigenvalue weighted by Crippen LogP contribution is 2.02. The van der Waals surface area contributed by atoms with E-state index in [0.717, 1.165) is 11.8 Å². The van der Waals surface area contributed by atoms with Crippen LogP contribution in [0.3, 0.4) is 0 Å². The van der Waals surface area contributed by atoms with E-state index in [1.54, 1.807) is 0 Å². The molecule has 2 rings (SSSR count). The molecule has 0 saturated heterocycles. The molecule has 1 aromatic heterocycles. The molecule has 0 aliphatic heterocycles.